The summed E-state index contributed by atoms with van der Waals surface area (Å²) >= 11 is 5.78. The Hall–Kier alpha value is -1.75. The van der Waals surface area contributed by atoms with E-state index in [0.29, 0.717) is 10.9 Å². The van der Waals surface area contributed by atoms with E-state index in [4.69, 9.17) is 16.7 Å². The number of carbonyl (C=O) groups is 2. The number of anilines is 1. The number of amides is 2. The average Bonchev–Trinajstić information content (AvgIpc) is 2.43. The summed E-state index contributed by atoms with van der Waals surface area (Å²) in [6.07, 6.45) is 4.37. The van der Waals surface area contributed by atoms with E-state index < -0.39 is 5.97 Å². The van der Waals surface area contributed by atoms with Crippen molar-refractivity contribution < 1.29 is 14.7 Å². The fourth-order valence-corrected chi connectivity index (χ4v) is 2.83. The number of rotatable bonds is 3. The van der Waals surface area contributed by atoms with Gasteiger partial charge >= 0.3 is 12.0 Å². The van der Waals surface area contributed by atoms with Crippen molar-refractivity contribution in [3.8, 4) is 0 Å². The van der Waals surface area contributed by atoms with Gasteiger partial charge in [0.25, 0.3) is 0 Å². The second-order valence-electron chi connectivity index (χ2n) is 5.46. The van der Waals surface area contributed by atoms with Crippen LogP contribution in [0, 0.1) is 5.92 Å². The quantitative estimate of drug-likeness (QED) is 0.795. The lowest BCUT2D eigenvalue weighted by molar-refractivity contribution is 0.0698. The van der Waals surface area contributed by atoms with Gasteiger partial charge in [-0.15, -0.1) is 0 Å². The predicted octanol–water partition coefficient (Wildman–Crippen LogP) is 3.74. The number of benzene rings is 1. The van der Waals surface area contributed by atoms with Crippen molar-refractivity contribution in [2.24, 2.45) is 5.92 Å². The SMILES string of the molecule is CC1CCCCC1NC(=O)Nc1ccc(Cl)cc1C(=O)O. The number of nitrogens with one attached hydrogen (secondary N) is 2. The largest absolute Gasteiger partial charge is 0.478 e. The van der Waals surface area contributed by atoms with Crippen LogP contribution in [-0.4, -0.2) is 23.1 Å². The minimum Gasteiger partial charge on any atom is -0.478 e. The fraction of sp³-hybridized carbons (Fsp3) is 0.467. The summed E-state index contributed by atoms with van der Waals surface area (Å²) in [6, 6.07) is 4.13. The van der Waals surface area contributed by atoms with Gasteiger partial charge in [0.15, 0.2) is 0 Å². The molecule has 0 radical (unpaired) electrons. The van der Waals surface area contributed by atoms with Crippen molar-refractivity contribution in [3.05, 3.63) is 28.8 Å². The normalized spacial score (nSPS) is 21.6. The summed E-state index contributed by atoms with van der Waals surface area (Å²) in [5.41, 5.74) is 0.224. The van der Waals surface area contributed by atoms with Gasteiger partial charge < -0.3 is 15.7 Å². The molecule has 1 aliphatic rings. The third-order valence-corrected chi connectivity index (χ3v) is 4.12. The summed E-state index contributed by atoms with van der Waals surface area (Å²) in [7, 11) is 0. The summed E-state index contributed by atoms with van der Waals surface area (Å²) in [5.74, 6) is -0.688. The first kappa shape index (κ1) is 15.6. The molecule has 2 atom stereocenters. The molecule has 21 heavy (non-hydrogen) atoms. The molecule has 0 spiro atoms. The van der Waals surface area contributed by atoms with Gasteiger partial charge in [0.2, 0.25) is 0 Å². The number of halogens is 1. The Labute approximate surface area is 128 Å². The molecule has 1 saturated carbocycles. The van der Waals surface area contributed by atoms with Gasteiger partial charge in [0, 0.05) is 11.1 Å². The molecule has 2 unspecified atom stereocenters. The molecule has 0 heterocycles. The molecule has 2 rings (SSSR count). The molecule has 0 bridgehead atoms. The van der Waals surface area contributed by atoms with Crippen LogP contribution < -0.4 is 10.6 Å². The number of carboxylic acid groups (broad SMARTS) is 1. The van der Waals surface area contributed by atoms with E-state index >= 15 is 0 Å². The van der Waals surface area contributed by atoms with Crippen molar-refractivity contribution in [1.29, 1.82) is 0 Å². The third kappa shape index (κ3) is 4.11. The highest BCUT2D eigenvalue weighted by Crippen LogP contribution is 2.24. The Morgan fingerprint density at radius 3 is 2.67 bits per heavy atom. The highest BCUT2D eigenvalue weighted by atomic mass is 35.5. The lowest BCUT2D eigenvalue weighted by atomic mass is 9.86. The molecular formula is C15H19ClN2O3. The second-order valence-corrected chi connectivity index (χ2v) is 5.90. The van der Waals surface area contributed by atoms with Crippen molar-refractivity contribution in [2.75, 3.05) is 5.32 Å². The molecule has 1 fully saturated rings. The van der Waals surface area contributed by atoms with E-state index in [2.05, 4.69) is 17.6 Å². The lowest BCUT2D eigenvalue weighted by Gasteiger charge is -2.29. The molecule has 2 amide bonds. The lowest BCUT2D eigenvalue weighted by Crippen LogP contribution is -2.43. The number of carbonyl (C=O) groups excluding carboxylic acids is 1. The zero-order chi connectivity index (χ0) is 15.4. The van der Waals surface area contributed by atoms with Crippen LogP contribution >= 0.6 is 11.6 Å². The first-order valence-corrected chi connectivity index (χ1v) is 7.45. The van der Waals surface area contributed by atoms with Crippen LogP contribution in [0.5, 0.6) is 0 Å². The van der Waals surface area contributed by atoms with Crippen LogP contribution in [0.15, 0.2) is 18.2 Å². The maximum Gasteiger partial charge on any atom is 0.337 e. The molecule has 0 aliphatic heterocycles. The van der Waals surface area contributed by atoms with Gasteiger partial charge in [-0.05, 0) is 37.0 Å². The second kappa shape index (κ2) is 6.80. The maximum absolute atomic E-state index is 12.0. The maximum atomic E-state index is 12.0. The molecular weight excluding hydrogens is 292 g/mol. The third-order valence-electron chi connectivity index (χ3n) is 3.89. The molecule has 0 saturated heterocycles. The highest BCUT2D eigenvalue weighted by Gasteiger charge is 2.23. The molecule has 114 valence electrons. The Morgan fingerprint density at radius 1 is 1.29 bits per heavy atom. The average molecular weight is 311 g/mol. The standard InChI is InChI=1S/C15H19ClN2O3/c1-9-4-2-3-5-12(9)17-15(21)18-13-7-6-10(16)8-11(13)14(19)20/h6-9,12H,2-5H2,1H3,(H,19,20)(H2,17,18,21). The van der Waals surface area contributed by atoms with Gasteiger partial charge in [0.05, 0.1) is 11.3 Å². The van der Waals surface area contributed by atoms with Crippen LogP contribution in [0.2, 0.25) is 5.02 Å². The van der Waals surface area contributed by atoms with Gasteiger partial charge in [-0.1, -0.05) is 31.4 Å². The molecule has 5 nitrogen and oxygen atoms in total. The molecule has 0 aromatic heterocycles. The van der Waals surface area contributed by atoms with Crippen molar-refractivity contribution in [1.82, 2.24) is 5.32 Å². The molecule has 1 aliphatic carbocycles. The van der Waals surface area contributed by atoms with Crippen LogP contribution in [0.25, 0.3) is 0 Å². The summed E-state index contributed by atoms with van der Waals surface area (Å²) in [6.45, 7) is 2.12. The van der Waals surface area contributed by atoms with Crippen LogP contribution in [-0.2, 0) is 0 Å². The van der Waals surface area contributed by atoms with E-state index in [9.17, 15) is 9.59 Å². The van der Waals surface area contributed by atoms with Gasteiger partial charge in [-0.2, -0.15) is 0 Å². The molecule has 6 heteroatoms. The van der Waals surface area contributed by atoms with Gasteiger partial charge in [-0.3, -0.25) is 0 Å². The van der Waals surface area contributed by atoms with E-state index in [-0.39, 0.29) is 23.3 Å². The predicted molar refractivity (Wildman–Crippen MR) is 82.0 cm³/mol. The minimum atomic E-state index is -1.13. The first-order valence-electron chi connectivity index (χ1n) is 7.07. The number of hydrogen-bond donors (Lipinski definition) is 3. The topological polar surface area (TPSA) is 78.4 Å². The van der Waals surface area contributed by atoms with Crippen LogP contribution in [0.4, 0.5) is 10.5 Å². The first-order chi connectivity index (χ1) is 9.97. The number of hydrogen-bond acceptors (Lipinski definition) is 2. The van der Waals surface area contributed by atoms with E-state index in [1.807, 2.05) is 0 Å². The van der Waals surface area contributed by atoms with Crippen LogP contribution in [0.1, 0.15) is 43.0 Å². The van der Waals surface area contributed by atoms with Crippen molar-refractivity contribution >= 4 is 29.3 Å². The Bertz CT molecular complexity index is 548. The van der Waals surface area contributed by atoms with E-state index in [1.54, 1.807) is 6.07 Å². The molecule has 1 aromatic rings. The Morgan fingerprint density at radius 2 is 2.00 bits per heavy atom. The summed E-state index contributed by atoms with van der Waals surface area (Å²) < 4.78 is 0. The van der Waals surface area contributed by atoms with Crippen molar-refractivity contribution in [2.45, 2.75) is 38.6 Å². The fourth-order valence-electron chi connectivity index (χ4n) is 2.66. The van der Waals surface area contributed by atoms with Gasteiger partial charge in [-0.25, -0.2) is 9.59 Å². The van der Waals surface area contributed by atoms with Gasteiger partial charge in [0.1, 0.15) is 0 Å². The summed E-state index contributed by atoms with van der Waals surface area (Å²) in [5, 5.41) is 15.0. The van der Waals surface area contributed by atoms with Crippen molar-refractivity contribution in [3.63, 3.8) is 0 Å². The summed E-state index contributed by atoms with van der Waals surface area (Å²) in [4.78, 5) is 23.2. The number of aromatic carboxylic acids is 1. The number of carboxylic acids is 1. The highest BCUT2D eigenvalue weighted by molar-refractivity contribution is 6.31. The Kier molecular flexibility index (Phi) is 5.07. The van der Waals surface area contributed by atoms with E-state index in [0.717, 1.165) is 19.3 Å². The zero-order valence-electron chi connectivity index (χ0n) is 11.9. The molecule has 1 aromatic carbocycles. The monoisotopic (exact) mass is 310 g/mol. The minimum absolute atomic E-state index is 0.0191. The smallest absolute Gasteiger partial charge is 0.337 e. The Balaban J connectivity index is 2.04. The number of urea groups is 1. The van der Waals surface area contributed by atoms with Crippen LogP contribution in [0.3, 0.4) is 0 Å². The molecule has 3 N–H and O–H groups in total. The van der Waals surface area contributed by atoms with E-state index in [1.165, 1.54) is 18.6 Å². The zero-order valence-corrected chi connectivity index (χ0v) is 12.6.